The maximum Gasteiger partial charge on any atom is 0.407 e. The summed E-state index contributed by atoms with van der Waals surface area (Å²) >= 11 is 0. The summed E-state index contributed by atoms with van der Waals surface area (Å²) in [6.45, 7) is 4.49. The largest absolute Gasteiger partial charge is 0.453 e. The number of carbonyl (C=O) groups excluding carboxylic acids is 2. The number of nitrogens with zero attached hydrogens (tertiary/aromatic N) is 2. The number of benzene rings is 2. The first-order chi connectivity index (χ1) is 19.9. The Kier molecular flexibility index (Phi) is 7.62. The number of rotatable bonds is 7. The summed E-state index contributed by atoms with van der Waals surface area (Å²) in [5, 5.41) is 2.71. The zero-order valence-electron chi connectivity index (χ0n) is 24.5. The summed E-state index contributed by atoms with van der Waals surface area (Å²) in [7, 11) is 1.31. The molecular weight excluding hydrogens is 512 g/mol. The number of carbonyl (C=O) groups is 2. The molecule has 2 N–H and O–H groups in total. The van der Waals surface area contributed by atoms with Gasteiger partial charge in [-0.15, -0.1) is 0 Å². The van der Waals surface area contributed by atoms with Crippen LogP contribution in [-0.2, 0) is 14.9 Å². The summed E-state index contributed by atoms with van der Waals surface area (Å²) in [4.78, 5) is 35.3. The number of amides is 2. The molecule has 2 amide bonds. The van der Waals surface area contributed by atoms with E-state index in [-0.39, 0.29) is 17.9 Å². The van der Waals surface area contributed by atoms with Gasteiger partial charge in [0, 0.05) is 6.54 Å². The first-order valence-corrected chi connectivity index (χ1v) is 15.3. The molecule has 7 rings (SSSR count). The molecule has 41 heavy (non-hydrogen) atoms. The van der Waals surface area contributed by atoms with E-state index in [2.05, 4.69) is 63.8 Å². The maximum atomic E-state index is 13.4. The lowest BCUT2D eigenvalue weighted by Gasteiger charge is -2.47. The molecule has 2 bridgehead atoms. The number of fused-ring (bicyclic) bond motifs is 3. The smallest absolute Gasteiger partial charge is 0.407 e. The average Bonchev–Trinajstić information content (AvgIpc) is 3.71. The zero-order chi connectivity index (χ0) is 28.6. The van der Waals surface area contributed by atoms with E-state index in [0.717, 1.165) is 35.8 Å². The Balaban J connectivity index is 1.15. The second-order valence-corrected chi connectivity index (χ2v) is 12.6. The number of aromatic amines is 1. The second-order valence-electron chi connectivity index (χ2n) is 12.6. The van der Waals surface area contributed by atoms with Crippen LogP contribution in [0.2, 0.25) is 0 Å². The second kappa shape index (κ2) is 11.3. The van der Waals surface area contributed by atoms with E-state index < -0.39 is 12.1 Å². The molecule has 7 nitrogen and oxygen atoms in total. The van der Waals surface area contributed by atoms with Crippen LogP contribution in [0.25, 0.3) is 22.4 Å². The minimum absolute atomic E-state index is 0.0632. The van der Waals surface area contributed by atoms with Crippen LogP contribution in [0.3, 0.4) is 0 Å². The van der Waals surface area contributed by atoms with E-state index in [1.165, 1.54) is 62.3 Å². The van der Waals surface area contributed by atoms with Crippen molar-refractivity contribution in [1.29, 1.82) is 0 Å². The number of likely N-dealkylation sites (tertiary alicyclic amines) is 1. The first-order valence-electron chi connectivity index (χ1n) is 15.3. The molecule has 4 aliphatic rings. The molecule has 2 atom stereocenters. The molecule has 3 aromatic rings. The van der Waals surface area contributed by atoms with Crippen LogP contribution in [-0.4, -0.2) is 46.6 Å². The van der Waals surface area contributed by atoms with E-state index in [1.54, 1.807) is 0 Å². The molecule has 2 heterocycles. The first kappa shape index (κ1) is 27.6. The van der Waals surface area contributed by atoms with Crippen molar-refractivity contribution < 1.29 is 14.3 Å². The predicted molar refractivity (Wildman–Crippen MR) is 160 cm³/mol. The van der Waals surface area contributed by atoms with Crippen LogP contribution >= 0.6 is 0 Å². The third-order valence-corrected chi connectivity index (χ3v) is 9.96. The predicted octanol–water partition coefficient (Wildman–Crippen LogP) is 7.01. The third kappa shape index (κ3) is 5.39. The van der Waals surface area contributed by atoms with Gasteiger partial charge >= 0.3 is 6.09 Å². The van der Waals surface area contributed by atoms with Crippen molar-refractivity contribution in [2.75, 3.05) is 13.7 Å². The Bertz CT molecular complexity index is 1360. The van der Waals surface area contributed by atoms with Crippen LogP contribution in [0.4, 0.5) is 4.79 Å². The van der Waals surface area contributed by atoms with Crippen LogP contribution < -0.4 is 5.32 Å². The standard InChI is InChI=1S/C34H42N4O3/c1-22(2)30(37-33(40)41-3)32(39)38-20-4-5-29(38)31-35-21-28(36-31)26-8-6-24(7-9-26)25-10-12-27(13-11-25)34-17-14-23(15-18-34)16-19-34/h6-13,21-23,29-30H,4-5,14-20H2,1-3H3,(H,35,36)(H,37,40)/t23?,29-,30-,34?/m0/s1. The van der Waals surface area contributed by atoms with Crippen molar-refractivity contribution in [1.82, 2.24) is 20.2 Å². The van der Waals surface area contributed by atoms with Crippen LogP contribution in [0.15, 0.2) is 54.7 Å². The zero-order valence-corrected chi connectivity index (χ0v) is 24.5. The minimum atomic E-state index is -0.642. The van der Waals surface area contributed by atoms with Gasteiger partial charge in [0.25, 0.3) is 0 Å². The molecule has 3 saturated carbocycles. The van der Waals surface area contributed by atoms with Gasteiger partial charge in [0.05, 0.1) is 25.0 Å². The fourth-order valence-electron chi connectivity index (χ4n) is 7.39. The highest BCUT2D eigenvalue weighted by Crippen LogP contribution is 2.51. The fourth-order valence-corrected chi connectivity index (χ4v) is 7.39. The maximum absolute atomic E-state index is 13.4. The lowest BCUT2D eigenvalue weighted by atomic mass is 9.58. The van der Waals surface area contributed by atoms with Crippen LogP contribution in [0, 0.1) is 11.8 Å². The number of aromatic nitrogens is 2. The van der Waals surface area contributed by atoms with Crippen molar-refractivity contribution >= 4 is 12.0 Å². The molecule has 1 aromatic heterocycles. The lowest BCUT2D eigenvalue weighted by Crippen LogP contribution is -2.51. The third-order valence-electron chi connectivity index (χ3n) is 9.96. The lowest BCUT2D eigenvalue weighted by molar-refractivity contribution is -0.135. The molecular formula is C34H42N4O3. The topological polar surface area (TPSA) is 87.3 Å². The number of hydrogen-bond donors (Lipinski definition) is 2. The molecule has 0 radical (unpaired) electrons. The van der Waals surface area contributed by atoms with Gasteiger partial charge in [-0.3, -0.25) is 4.79 Å². The minimum Gasteiger partial charge on any atom is -0.453 e. The molecule has 1 aliphatic heterocycles. The van der Waals surface area contributed by atoms with Gasteiger partial charge in [-0.25, -0.2) is 9.78 Å². The van der Waals surface area contributed by atoms with Crippen LogP contribution in [0.1, 0.15) is 82.6 Å². The van der Waals surface area contributed by atoms with Crippen molar-refractivity contribution in [2.45, 2.75) is 82.7 Å². The van der Waals surface area contributed by atoms with Gasteiger partial charge in [0.15, 0.2) is 0 Å². The van der Waals surface area contributed by atoms with Gasteiger partial charge in [-0.05, 0) is 90.9 Å². The molecule has 3 aliphatic carbocycles. The number of ether oxygens (including phenoxy) is 1. The number of alkyl carbamates (subject to hydrolysis) is 1. The summed E-state index contributed by atoms with van der Waals surface area (Å²) in [6, 6.07) is 17.1. The van der Waals surface area contributed by atoms with E-state index >= 15 is 0 Å². The normalized spacial score (nSPS) is 24.4. The molecule has 0 unspecified atom stereocenters. The SMILES string of the molecule is COC(=O)N[C@H](C(=O)N1CCC[C@H]1c1ncc(-c2ccc(-c3ccc(C45CCC(CC4)CC5)cc3)cc2)[nH]1)C(C)C. The van der Waals surface area contributed by atoms with E-state index in [1.807, 2.05) is 24.9 Å². The van der Waals surface area contributed by atoms with E-state index in [9.17, 15) is 9.59 Å². The van der Waals surface area contributed by atoms with Crippen molar-refractivity contribution in [3.05, 3.63) is 66.1 Å². The summed E-state index contributed by atoms with van der Waals surface area (Å²) in [5.41, 5.74) is 6.39. The molecule has 1 saturated heterocycles. The Morgan fingerprint density at radius 1 is 0.951 bits per heavy atom. The number of H-pyrrole nitrogens is 1. The highest BCUT2D eigenvalue weighted by Gasteiger charge is 2.41. The quantitative estimate of drug-likeness (QED) is 0.329. The molecule has 2 aromatic carbocycles. The van der Waals surface area contributed by atoms with Gasteiger partial charge in [-0.2, -0.15) is 0 Å². The molecule has 0 spiro atoms. The Hall–Kier alpha value is -3.61. The van der Waals surface area contributed by atoms with Crippen LogP contribution in [0.5, 0.6) is 0 Å². The highest BCUT2D eigenvalue weighted by atomic mass is 16.5. The van der Waals surface area contributed by atoms with Crippen molar-refractivity contribution in [2.24, 2.45) is 11.8 Å². The van der Waals surface area contributed by atoms with Gasteiger partial charge in [0.1, 0.15) is 11.9 Å². The van der Waals surface area contributed by atoms with Gasteiger partial charge in [0.2, 0.25) is 5.91 Å². The Morgan fingerprint density at radius 2 is 1.56 bits per heavy atom. The molecule has 7 heteroatoms. The highest BCUT2D eigenvalue weighted by molar-refractivity contribution is 5.86. The van der Waals surface area contributed by atoms with Crippen molar-refractivity contribution in [3.8, 4) is 22.4 Å². The summed E-state index contributed by atoms with van der Waals surface area (Å²) in [5.74, 6) is 1.60. The summed E-state index contributed by atoms with van der Waals surface area (Å²) < 4.78 is 4.75. The summed E-state index contributed by atoms with van der Waals surface area (Å²) in [6.07, 6.45) is 11.3. The number of hydrogen-bond acceptors (Lipinski definition) is 4. The average molecular weight is 555 g/mol. The van der Waals surface area contributed by atoms with Gasteiger partial charge in [-0.1, -0.05) is 62.4 Å². The fraction of sp³-hybridized carbons (Fsp3) is 0.500. The number of imidazole rings is 1. The Labute approximate surface area is 243 Å². The van der Waals surface area contributed by atoms with Gasteiger partial charge < -0.3 is 19.9 Å². The Morgan fingerprint density at radius 3 is 2.17 bits per heavy atom. The van der Waals surface area contributed by atoms with E-state index in [4.69, 9.17) is 4.74 Å². The molecule has 216 valence electrons. The van der Waals surface area contributed by atoms with E-state index in [0.29, 0.717) is 12.0 Å². The monoisotopic (exact) mass is 554 g/mol. The van der Waals surface area contributed by atoms with Crippen molar-refractivity contribution in [3.63, 3.8) is 0 Å². The number of methoxy groups -OCH3 is 1. The number of nitrogens with one attached hydrogen (secondary N) is 2. The molecule has 4 fully saturated rings.